The molecule has 2 aromatic rings. The molecule has 0 radical (unpaired) electrons. The molecule has 1 aliphatic carbocycles. The number of rotatable bonds is 5. The Morgan fingerprint density at radius 2 is 1.61 bits per heavy atom. The van der Waals surface area contributed by atoms with Gasteiger partial charge in [-0.3, -0.25) is 0 Å². The number of hydrogen-bond acceptors (Lipinski definition) is 6. The van der Waals surface area contributed by atoms with E-state index in [-0.39, 0.29) is 12.0 Å². The molecule has 0 amide bonds. The van der Waals surface area contributed by atoms with Gasteiger partial charge in [-0.15, -0.1) is 0 Å². The molecule has 148 valence electrons. The van der Waals surface area contributed by atoms with Gasteiger partial charge in [-0.25, -0.2) is 0 Å². The summed E-state index contributed by atoms with van der Waals surface area (Å²) in [5, 5.41) is 0. The third kappa shape index (κ3) is 2.89. The predicted molar refractivity (Wildman–Crippen MR) is 113 cm³/mol. The van der Waals surface area contributed by atoms with Gasteiger partial charge in [-0.2, -0.15) is 0 Å². The van der Waals surface area contributed by atoms with Crippen molar-refractivity contribution in [3.8, 4) is 17.2 Å². The monoisotopic (exact) mass is 381 g/mol. The van der Waals surface area contributed by atoms with E-state index in [0.717, 1.165) is 35.3 Å². The zero-order valence-electron chi connectivity index (χ0n) is 16.3. The van der Waals surface area contributed by atoms with E-state index in [1.807, 2.05) is 32.0 Å². The van der Waals surface area contributed by atoms with E-state index in [1.165, 1.54) is 0 Å². The van der Waals surface area contributed by atoms with Gasteiger partial charge in [0.2, 0.25) is 0 Å². The van der Waals surface area contributed by atoms with Crippen LogP contribution in [0.25, 0.3) is 5.57 Å². The molecule has 0 aromatic heterocycles. The molecule has 4 rings (SSSR count). The smallest absolute Gasteiger partial charge is 0.150 e. The van der Waals surface area contributed by atoms with Crippen molar-refractivity contribution in [1.29, 1.82) is 0 Å². The topological polar surface area (TPSA) is 106 Å². The molecule has 1 aliphatic heterocycles. The lowest BCUT2D eigenvalue weighted by Crippen LogP contribution is -2.22. The highest BCUT2D eigenvalue weighted by Crippen LogP contribution is 2.51. The van der Waals surface area contributed by atoms with Crippen LogP contribution in [0.15, 0.2) is 30.3 Å². The lowest BCUT2D eigenvalue weighted by molar-refractivity contribution is 0.207. The third-order valence-electron chi connectivity index (χ3n) is 5.54. The van der Waals surface area contributed by atoms with E-state index >= 15 is 0 Å². The highest BCUT2D eigenvalue weighted by atomic mass is 16.5. The normalized spacial score (nSPS) is 20.0. The van der Waals surface area contributed by atoms with Crippen LogP contribution >= 0.6 is 0 Å². The van der Waals surface area contributed by atoms with Gasteiger partial charge in [-0.1, -0.05) is 12.1 Å². The van der Waals surface area contributed by atoms with Gasteiger partial charge in [0.1, 0.15) is 29.0 Å². The van der Waals surface area contributed by atoms with Gasteiger partial charge in [0.05, 0.1) is 24.6 Å². The Morgan fingerprint density at radius 1 is 0.929 bits per heavy atom. The molecule has 6 N–H and O–H groups in total. The number of fused-ring (bicyclic) bond motifs is 3. The zero-order valence-corrected chi connectivity index (χ0v) is 16.3. The zero-order chi connectivity index (χ0) is 19.8. The first-order valence-corrected chi connectivity index (χ1v) is 9.77. The van der Waals surface area contributed by atoms with Crippen LogP contribution in [0, 0.1) is 0 Å². The van der Waals surface area contributed by atoms with Gasteiger partial charge in [0.15, 0.2) is 0 Å². The lowest BCUT2D eigenvalue weighted by atomic mass is 9.81. The van der Waals surface area contributed by atoms with Crippen molar-refractivity contribution < 1.29 is 14.2 Å². The fourth-order valence-electron chi connectivity index (χ4n) is 4.17. The molecule has 0 unspecified atom stereocenters. The second-order valence-electron chi connectivity index (χ2n) is 7.13. The van der Waals surface area contributed by atoms with Crippen LogP contribution in [0.3, 0.4) is 0 Å². The average Bonchev–Trinajstić information content (AvgIpc) is 3.07. The van der Waals surface area contributed by atoms with Crippen molar-refractivity contribution >= 4 is 22.6 Å². The summed E-state index contributed by atoms with van der Waals surface area (Å²) < 4.78 is 17.4. The van der Waals surface area contributed by atoms with Crippen LogP contribution in [0.2, 0.25) is 0 Å². The molecule has 6 nitrogen and oxygen atoms in total. The van der Waals surface area contributed by atoms with Gasteiger partial charge in [-0.05, 0) is 44.0 Å². The minimum atomic E-state index is 0.0290. The molecule has 0 saturated carbocycles. The number of benzene rings is 2. The second-order valence-corrected chi connectivity index (χ2v) is 7.13. The van der Waals surface area contributed by atoms with Crippen molar-refractivity contribution in [2.75, 3.05) is 30.4 Å². The number of allylic oxidation sites excluding steroid dienone is 1. The quantitative estimate of drug-likeness (QED) is 0.677. The van der Waals surface area contributed by atoms with Crippen molar-refractivity contribution in [2.45, 2.75) is 38.7 Å². The maximum atomic E-state index is 6.32. The number of nitrogens with two attached hydrogens (primary N) is 3. The van der Waals surface area contributed by atoms with E-state index < -0.39 is 0 Å². The molecular weight excluding hydrogens is 354 g/mol. The summed E-state index contributed by atoms with van der Waals surface area (Å²) in [6, 6.07) is 7.87. The Morgan fingerprint density at radius 3 is 2.32 bits per heavy atom. The highest BCUT2D eigenvalue weighted by Gasteiger charge is 2.39. The average molecular weight is 381 g/mol. The van der Waals surface area contributed by atoms with E-state index in [4.69, 9.17) is 31.4 Å². The van der Waals surface area contributed by atoms with Crippen LogP contribution in [-0.2, 0) is 0 Å². The Balaban J connectivity index is 1.61. The van der Waals surface area contributed by atoms with E-state index in [2.05, 4.69) is 12.1 Å². The molecule has 0 spiro atoms. The fourth-order valence-corrected chi connectivity index (χ4v) is 4.17. The molecule has 2 aliphatic rings. The molecule has 0 bridgehead atoms. The van der Waals surface area contributed by atoms with Crippen molar-refractivity contribution in [3.63, 3.8) is 0 Å². The first kappa shape index (κ1) is 18.3. The summed E-state index contributed by atoms with van der Waals surface area (Å²) in [4.78, 5) is 0. The van der Waals surface area contributed by atoms with Crippen LogP contribution in [0.4, 0.5) is 17.1 Å². The maximum Gasteiger partial charge on any atom is 0.150 e. The highest BCUT2D eigenvalue weighted by molar-refractivity contribution is 5.86. The first-order valence-electron chi connectivity index (χ1n) is 9.77. The molecule has 2 aromatic carbocycles. The van der Waals surface area contributed by atoms with Gasteiger partial charge >= 0.3 is 0 Å². The van der Waals surface area contributed by atoms with Crippen molar-refractivity contribution in [2.24, 2.45) is 0 Å². The van der Waals surface area contributed by atoms with E-state index in [0.29, 0.717) is 41.8 Å². The van der Waals surface area contributed by atoms with Crippen LogP contribution in [-0.4, -0.2) is 19.3 Å². The predicted octanol–water partition coefficient (Wildman–Crippen LogP) is 3.95. The molecule has 28 heavy (non-hydrogen) atoms. The van der Waals surface area contributed by atoms with Gasteiger partial charge in [0, 0.05) is 23.5 Å². The largest absolute Gasteiger partial charge is 0.492 e. The summed E-state index contributed by atoms with van der Waals surface area (Å²) in [6.07, 6.45) is 3.88. The summed E-state index contributed by atoms with van der Waals surface area (Å²) in [5.74, 6) is 2.35. The lowest BCUT2D eigenvalue weighted by Gasteiger charge is -2.26. The standard InChI is InChI=1S/C22H27N3O3/c1-3-26-16-9-7-13(19(23)20(16)24)12-5-6-14-15-8-10-17(27-4-2)21(25)22(15)28-18(14)11-12/h5,7-10,14,18H,3-4,6,11,23-25H2,1-2H3/t14-,18+/m0/s1. The number of hydrogen-bond donors (Lipinski definition) is 3. The minimum Gasteiger partial charge on any atom is -0.492 e. The number of nitrogen functional groups attached to an aromatic ring is 3. The Bertz CT molecular complexity index is 939. The summed E-state index contributed by atoms with van der Waals surface area (Å²) >= 11 is 0. The molecule has 0 fully saturated rings. The summed E-state index contributed by atoms with van der Waals surface area (Å²) in [5.41, 5.74) is 23.7. The fraction of sp³-hybridized carbons (Fsp3) is 0.364. The second kappa shape index (κ2) is 7.19. The molecule has 2 atom stereocenters. The van der Waals surface area contributed by atoms with E-state index in [9.17, 15) is 0 Å². The van der Waals surface area contributed by atoms with Gasteiger partial charge < -0.3 is 31.4 Å². The number of ether oxygens (including phenoxy) is 3. The molecule has 1 heterocycles. The van der Waals surface area contributed by atoms with Crippen LogP contribution in [0.1, 0.15) is 43.7 Å². The van der Waals surface area contributed by atoms with Crippen LogP contribution < -0.4 is 31.4 Å². The van der Waals surface area contributed by atoms with Crippen LogP contribution in [0.5, 0.6) is 17.2 Å². The molecular formula is C22H27N3O3. The Hall–Kier alpha value is -3.02. The molecule has 6 heteroatoms. The SMILES string of the molecule is CCOc1ccc(C2=CC[C@H]3c4ccc(OCC)c(N)c4O[C@@H]3C2)c(N)c1N. The minimum absolute atomic E-state index is 0.0290. The van der Waals surface area contributed by atoms with Gasteiger partial charge in [0.25, 0.3) is 0 Å². The van der Waals surface area contributed by atoms with E-state index in [1.54, 1.807) is 0 Å². The number of anilines is 3. The summed E-state index contributed by atoms with van der Waals surface area (Å²) in [7, 11) is 0. The Labute approximate surface area is 165 Å². The Kier molecular flexibility index (Phi) is 4.71. The van der Waals surface area contributed by atoms with Crippen molar-refractivity contribution in [1.82, 2.24) is 0 Å². The van der Waals surface area contributed by atoms with Crippen molar-refractivity contribution in [3.05, 3.63) is 41.5 Å². The maximum absolute atomic E-state index is 6.32. The first-order chi connectivity index (χ1) is 13.5. The summed E-state index contributed by atoms with van der Waals surface area (Å²) in [6.45, 7) is 4.98. The third-order valence-corrected chi connectivity index (χ3v) is 5.54. The molecule has 0 saturated heterocycles.